The summed E-state index contributed by atoms with van der Waals surface area (Å²) in [6.45, 7) is 11.6. The summed E-state index contributed by atoms with van der Waals surface area (Å²) in [7, 11) is 1.27. The summed E-state index contributed by atoms with van der Waals surface area (Å²) in [4.78, 5) is 43.0. The van der Waals surface area contributed by atoms with E-state index in [1.807, 2.05) is 20.8 Å². The molecule has 1 aliphatic carbocycles. The van der Waals surface area contributed by atoms with E-state index in [2.05, 4.69) is 15.6 Å². The number of fused-ring (bicyclic) bond motifs is 1. The van der Waals surface area contributed by atoms with Gasteiger partial charge in [-0.1, -0.05) is 33.6 Å². The summed E-state index contributed by atoms with van der Waals surface area (Å²) < 4.78 is 4.37. The molecule has 1 aromatic rings. The van der Waals surface area contributed by atoms with Gasteiger partial charge in [0, 0.05) is 18.8 Å². The van der Waals surface area contributed by atoms with Crippen LogP contribution in [0.2, 0.25) is 0 Å². The third-order valence-corrected chi connectivity index (χ3v) is 7.03. The van der Waals surface area contributed by atoms with Crippen molar-refractivity contribution >= 4 is 29.4 Å². The van der Waals surface area contributed by atoms with Gasteiger partial charge in [0.05, 0.1) is 18.7 Å². The minimum absolute atomic E-state index is 0.0517. The minimum Gasteiger partial charge on any atom is -0.465 e. The molecule has 1 aromatic heterocycles. The second-order valence-electron chi connectivity index (χ2n) is 11.5. The summed E-state index contributed by atoms with van der Waals surface area (Å²) >= 11 is 0. The first-order chi connectivity index (χ1) is 16.2. The van der Waals surface area contributed by atoms with Gasteiger partial charge < -0.3 is 20.5 Å². The second kappa shape index (κ2) is 9.70. The fourth-order valence-electron chi connectivity index (χ4n) is 5.08. The fraction of sp³-hybridized carbons (Fsp3) is 0.615. The Kier molecular flexibility index (Phi) is 7.43. The summed E-state index contributed by atoms with van der Waals surface area (Å²) in [5.41, 5.74) is 0.0806. The van der Waals surface area contributed by atoms with Crippen LogP contribution in [0.1, 0.15) is 78.4 Å². The molecule has 35 heavy (non-hydrogen) atoms. The molecule has 0 spiro atoms. The monoisotopic (exact) mass is 487 g/mol. The number of nitrogens with one attached hydrogen (secondary N) is 2. The van der Waals surface area contributed by atoms with Crippen LogP contribution in [0.3, 0.4) is 0 Å². The molecule has 3 rings (SSSR count). The summed E-state index contributed by atoms with van der Waals surface area (Å²) in [6.07, 6.45) is 6.08. The molecule has 9 heteroatoms. The molecular weight excluding hydrogens is 448 g/mol. The molecule has 1 fully saturated rings. The van der Waals surface area contributed by atoms with Gasteiger partial charge in [-0.05, 0) is 50.7 Å². The van der Waals surface area contributed by atoms with Crippen LogP contribution in [0.5, 0.6) is 0 Å². The topological polar surface area (TPSA) is 118 Å². The van der Waals surface area contributed by atoms with Gasteiger partial charge in [-0.2, -0.15) is 4.79 Å². The Labute approximate surface area is 207 Å². The number of nitrogens with zero attached hydrogens (tertiary/aromatic N) is 2. The summed E-state index contributed by atoms with van der Waals surface area (Å²) in [5, 5.41) is 16.9. The molecule has 0 aromatic carbocycles. The molecule has 2 amide bonds. The van der Waals surface area contributed by atoms with E-state index in [0.29, 0.717) is 11.1 Å². The Hall–Kier alpha value is -2.78. The van der Waals surface area contributed by atoms with E-state index in [4.69, 9.17) is 4.74 Å². The van der Waals surface area contributed by atoms with Crippen LogP contribution >= 0.6 is 0 Å². The zero-order chi connectivity index (χ0) is 26.2. The van der Waals surface area contributed by atoms with Crippen molar-refractivity contribution in [3.63, 3.8) is 0 Å². The lowest BCUT2D eigenvalue weighted by molar-refractivity contribution is -0.133. The quantitative estimate of drug-likeness (QED) is 0.411. The average molecular weight is 488 g/mol. The predicted molar refractivity (Wildman–Crippen MR) is 134 cm³/mol. The number of methoxy groups -OCH3 is 1. The lowest BCUT2D eigenvalue weighted by Crippen LogP contribution is -2.60. The van der Waals surface area contributed by atoms with E-state index in [0.717, 1.165) is 25.7 Å². The summed E-state index contributed by atoms with van der Waals surface area (Å²) in [6, 6.07) is 1.47. The number of aromatic nitrogens is 1. The minimum atomic E-state index is -1.14. The summed E-state index contributed by atoms with van der Waals surface area (Å²) in [5.74, 6) is -0.422. The number of carbonyl (C=O) groups is 3. The first-order valence-electron chi connectivity index (χ1n) is 12.2. The lowest BCUT2D eigenvalue weighted by atomic mass is 9.85. The molecule has 2 aliphatic rings. The second-order valence-corrected chi connectivity index (χ2v) is 11.5. The van der Waals surface area contributed by atoms with Gasteiger partial charge in [0.2, 0.25) is 5.91 Å². The van der Waals surface area contributed by atoms with Crippen molar-refractivity contribution in [3.8, 4) is 0 Å². The van der Waals surface area contributed by atoms with E-state index < -0.39 is 28.1 Å². The molecule has 2 atom stereocenters. The van der Waals surface area contributed by atoms with E-state index in [-0.39, 0.29) is 35.3 Å². The van der Waals surface area contributed by atoms with Crippen LogP contribution in [0.4, 0.5) is 10.6 Å². The van der Waals surface area contributed by atoms with Crippen molar-refractivity contribution in [2.24, 2.45) is 5.41 Å². The van der Waals surface area contributed by atoms with E-state index in [1.54, 1.807) is 33.0 Å². The molecule has 1 aliphatic heterocycles. The third-order valence-electron chi connectivity index (χ3n) is 7.03. The molecule has 0 radical (unpaired) electrons. The highest BCUT2D eigenvalue weighted by atomic mass is 16.5. The smallest absolute Gasteiger partial charge is 0.465 e. The highest BCUT2D eigenvalue weighted by molar-refractivity contribution is 6.21. The maximum Gasteiger partial charge on any atom is 0.525 e. The zero-order valence-corrected chi connectivity index (χ0v) is 21.9. The van der Waals surface area contributed by atoms with Gasteiger partial charge >= 0.3 is 12.1 Å². The number of esters is 1. The largest absolute Gasteiger partial charge is 0.525 e. The molecule has 0 saturated heterocycles. The van der Waals surface area contributed by atoms with Gasteiger partial charge in [-0.25, -0.2) is 9.78 Å². The van der Waals surface area contributed by atoms with Crippen LogP contribution in [0.25, 0.3) is 5.57 Å². The molecule has 1 saturated carbocycles. The molecule has 0 bridgehead atoms. The molecule has 3 N–H and O–H groups in total. The standard InChI is InChI=1S/C26H38N4O5/c1-25(2,3)20(22(31)29-17-10-8-9-11-17)28-14-16-12-13-27-21-19(16)18(23(32)35-7)15-30(21,24(33)34)26(4,5)6/h12-13,15,17,20,28H,8-11,14H2,1-7H3,(H-,29,31,33,34)/p+1/t20-,30?/m0/s1. The van der Waals surface area contributed by atoms with Crippen molar-refractivity contribution in [2.45, 2.75) is 91.4 Å². The average Bonchev–Trinajstić information content (AvgIpc) is 3.38. The van der Waals surface area contributed by atoms with Crippen LogP contribution in [-0.4, -0.2) is 52.8 Å². The first kappa shape index (κ1) is 26.8. The van der Waals surface area contributed by atoms with Gasteiger partial charge in [0.25, 0.3) is 5.82 Å². The number of rotatable bonds is 6. The number of ether oxygens (including phenoxy) is 1. The van der Waals surface area contributed by atoms with Crippen molar-refractivity contribution in [1.82, 2.24) is 20.1 Å². The van der Waals surface area contributed by atoms with E-state index in [9.17, 15) is 19.5 Å². The molecule has 192 valence electrons. The van der Waals surface area contributed by atoms with Crippen molar-refractivity contribution in [2.75, 3.05) is 7.11 Å². The van der Waals surface area contributed by atoms with E-state index >= 15 is 0 Å². The number of amides is 2. The number of pyridine rings is 1. The lowest BCUT2D eigenvalue weighted by Gasteiger charge is -2.37. The fourth-order valence-corrected chi connectivity index (χ4v) is 5.08. The van der Waals surface area contributed by atoms with Crippen LogP contribution in [-0.2, 0) is 20.9 Å². The van der Waals surface area contributed by atoms with Crippen molar-refractivity contribution in [1.29, 1.82) is 0 Å². The molecule has 1 unspecified atom stereocenters. The van der Waals surface area contributed by atoms with Gasteiger partial charge in [-0.3, -0.25) is 4.79 Å². The van der Waals surface area contributed by atoms with Crippen molar-refractivity contribution in [3.05, 3.63) is 29.6 Å². The normalized spacial score (nSPS) is 21.3. The first-order valence-corrected chi connectivity index (χ1v) is 12.2. The van der Waals surface area contributed by atoms with Crippen LogP contribution in [0, 0.1) is 5.41 Å². The molecule has 9 nitrogen and oxygen atoms in total. The van der Waals surface area contributed by atoms with Gasteiger partial charge in [0.15, 0.2) is 0 Å². The molecular formula is C26H39N4O5+. The number of hydrogen-bond acceptors (Lipinski definition) is 6. The van der Waals surface area contributed by atoms with Gasteiger partial charge in [0.1, 0.15) is 17.3 Å². The van der Waals surface area contributed by atoms with Crippen LogP contribution < -0.4 is 15.1 Å². The number of carboxylic acid groups (broad SMARTS) is 1. The Morgan fingerprint density at radius 3 is 2.31 bits per heavy atom. The van der Waals surface area contributed by atoms with Crippen LogP contribution in [0.15, 0.2) is 18.5 Å². The Morgan fingerprint density at radius 2 is 1.80 bits per heavy atom. The third kappa shape index (κ3) is 4.97. The Morgan fingerprint density at radius 1 is 1.17 bits per heavy atom. The Balaban J connectivity index is 2.00. The number of hydrogen-bond donors (Lipinski definition) is 3. The van der Waals surface area contributed by atoms with E-state index in [1.165, 1.54) is 13.3 Å². The SMILES string of the molecule is COC(=O)C1=C[N+](C(=O)O)(C(C)(C)C)c2nccc(CN[C@@H](C(=O)NC3CCCC3)C(C)(C)C)c21. The number of quaternary nitrogens is 1. The van der Waals surface area contributed by atoms with Gasteiger partial charge in [-0.15, -0.1) is 4.48 Å². The highest BCUT2D eigenvalue weighted by Crippen LogP contribution is 2.46. The Bertz CT molecular complexity index is 1030. The zero-order valence-electron chi connectivity index (χ0n) is 21.9. The maximum absolute atomic E-state index is 13.2. The predicted octanol–water partition coefficient (Wildman–Crippen LogP) is 3.96. The highest BCUT2D eigenvalue weighted by Gasteiger charge is 2.57. The maximum atomic E-state index is 13.2. The molecule has 2 heterocycles. The number of carbonyl (C=O) groups excluding carboxylic acids is 2. The van der Waals surface area contributed by atoms with Crippen molar-refractivity contribution < 1.29 is 24.2 Å².